The molecule has 9 heavy (non-hydrogen) atoms. The summed E-state index contributed by atoms with van der Waals surface area (Å²) >= 11 is 3.83. The summed E-state index contributed by atoms with van der Waals surface area (Å²) in [4.78, 5) is 22.3. The van der Waals surface area contributed by atoms with Gasteiger partial charge in [-0.3, -0.25) is 10.1 Å². The Morgan fingerprint density at radius 1 is 1.67 bits per heavy atom. The topological polar surface area (TPSA) is 49.4 Å². The zero-order chi connectivity index (χ0) is 7.02. The van der Waals surface area contributed by atoms with Crippen molar-refractivity contribution in [1.29, 1.82) is 0 Å². The Hall–Kier alpha value is -0.710. The number of likely N-dealkylation sites (N-methyl/N-ethyl adjacent to an activating group) is 1. The van der Waals surface area contributed by atoms with Crippen LogP contribution in [0.3, 0.4) is 0 Å². The Kier molecular flexibility index (Phi) is 1.36. The van der Waals surface area contributed by atoms with Crippen LogP contribution in [0.1, 0.15) is 0 Å². The molecule has 0 aromatic heterocycles. The molecule has 0 aromatic carbocycles. The standard InChI is InChI=1S/C4H6N2O2S/c1-6-3(9)2(7)5-4(6)8/h3,9H,1H3,(H,5,7,8). The third-order valence-electron chi connectivity index (χ3n) is 1.15. The Morgan fingerprint density at radius 2 is 2.22 bits per heavy atom. The van der Waals surface area contributed by atoms with Gasteiger partial charge in [0.25, 0.3) is 5.91 Å². The molecule has 4 nitrogen and oxygen atoms in total. The van der Waals surface area contributed by atoms with Gasteiger partial charge in [0.1, 0.15) is 0 Å². The number of rotatable bonds is 0. The number of imide groups is 1. The molecule has 1 heterocycles. The summed E-state index contributed by atoms with van der Waals surface area (Å²) in [7, 11) is 1.51. The van der Waals surface area contributed by atoms with Crippen molar-refractivity contribution in [2.45, 2.75) is 5.37 Å². The molecule has 0 aromatic rings. The lowest BCUT2D eigenvalue weighted by Gasteiger charge is -2.08. The largest absolute Gasteiger partial charge is 0.325 e. The smallest absolute Gasteiger partial charge is 0.307 e. The molecule has 3 amide bonds. The zero-order valence-corrected chi connectivity index (χ0v) is 5.68. The number of amides is 3. The zero-order valence-electron chi connectivity index (χ0n) is 4.79. The third-order valence-corrected chi connectivity index (χ3v) is 1.73. The molecule has 5 heteroatoms. The van der Waals surface area contributed by atoms with Crippen molar-refractivity contribution < 1.29 is 9.59 Å². The minimum absolute atomic E-state index is 0.356. The van der Waals surface area contributed by atoms with Crippen LogP contribution in [0.4, 0.5) is 4.79 Å². The maximum absolute atomic E-state index is 10.5. The van der Waals surface area contributed by atoms with Crippen molar-refractivity contribution in [3.8, 4) is 0 Å². The molecule has 1 saturated heterocycles. The van der Waals surface area contributed by atoms with E-state index in [1.165, 1.54) is 11.9 Å². The van der Waals surface area contributed by atoms with Crippen molar-refractivity contribution in [3.63, 3.8) is 0 Å². The summed E-state index contributed by atoms with van der Waals surface area (Å²) < 4.78 is 0. The van der Waals surface area contributed by atoms with Crippen LogP contribution in [0, 0.1) is 0 Å². The van der Waals surface area contributed by atoms with Crippen molar-refractivity contribution in [2.24, 2.45) is 0 Å². The van der Waals surface area contributed by atoms with Gasteiger partial charge in [-0.1, -0.05) is 0 Å². The average molecular weight is 146 g/mol. The van der Waals surface area contributed by atoms with Gasteiger partial charge in [-0.15, -0.1) is 12.6 Å². The van der Waals surface area contributed by atoms with Gasteiger partial charge in [-0.05, 0) is 0 Å². The highest BCUT2D eigenvalue weighted by molar-refractivity contribution is 7.81. The molecule has 1 N–H and O–H groups in total. The first kappa shape index (κ1) is 6.41. The van der Waals surface area contributed by atoms with E-state index in [-0.39, 0.29) is 11.9 Å². The molecule has 0 spiro atoms. The summed E-state index contributed by atoms with van der Waals surface area (Å²) in [6.45, 7) is 0. The first-order valence-electron chi connectivity index (χ1n) is 2.38. The van der Waals surface area contributed by atoms with Crippen LogP contribution in [0.2, 0.25) is 0 Å². The van der Waals surface area contributed by atoms with E-state index in [0.29, 0.717) is 0 Å². The average Bonchev–Trinajstić information content (AvgIpc) is 1.98. The highest BCUT2D eigenvalue weighted by atomic mass is 32.1. The fourth-order valence-electron chi connectivity index (χ4n) is 0.545. The number of nitrogens with zero attached hydrogens (tertiary/aromatic N) is 1. The highest BCUT2D eigenvalue weighted by Gasteiger charge is 2.32. The van der Waals surface area contributed by atoms with E-state index in [9.17, 15) is 9.59 Å². The predicted octanol–water partition coefficient (Wildman–Crippen LogP) is -0.576. The van der Waals surface area contributed by atoms with Gasteiger partial charge in [0.15, 0.2) is 5.37 Å². The fourth-order valence-corrected chi connectivity index (χ4v) is 0.714. The molecule has 0 radical (unpaired) electrons. The lowest BCUT2D eigenvalue weighted by molar-refractivity contribution is -0.119. The lowest BCUT2D eigenvalue weighted by Crippen LogP contribution is -2.26. The number of carbonyl (C=O) groups excluding carboxylic acids is 2. The summed E-state index contributed by atoms with van der Waals surface area (Å²) in [5, 5.41) is 1.47. The van der Waals surface area contributed by atoms with E-state index in [4.69, 9.17) is 0 Å². The quantitative estimate of drug-likeness (QED) is 0.355. The van der Waals surface area contributed by atoms with Gasteiger partial charge in [-0.2, -0.15) is 0 Å². The minimum Gasteiger partial charge on any atom is -0.307 e. The Morgan fingerprint density at radius 3 is 2.33 bits per heavy atom. The molecular formula is C4H6N2O2S. The van der Waals surface area contributed by atoms with Crippen LogP contribution in [0.15, 0.2) is 0 Å². The summed E-state index contributed by atoms with van der Waals surface area (Å²) in [6.07, 6.45) is 0. The van der Waals surface area contributed by atoms with Gasteiger partial charge in [0.05, 0.1) is 0 Å². The molecule has 1 rings (SSSR count). The van der Waals surface area contributed by atoms with Crippen LogP contribution < -0.4 is 5.32 Å². The molecule has 1 atom stereocenters. The monoisotopic (exact) mass is 146 g/mol. The number of thiol groups is 1. The van der Waals surface area contributed by atoms with Gasteiger partial charge in [-0.25, -0.2) is 4.79 Å². The summed E-state index contributed by atoms with van der Waals surface area (Å²) in [6, 6.07) is -0.389. The number of hydrogen-bond donors (Lipinski definition) is 2. The number of nitrogens with one attached hydrogen (secondary N) is 1. The second-order valence-electron chi connectivity index (χ2n) is 1.78. The maximum atomic E-state index is 10.5. The van der Waals surface area contributed by atoms with E-state index in [2.05, 4.69) is 17.9 Å². The first-order chi connectivity index (χ1) is 4.13. The van der Waals surface area contributed by atoms with E-state index < -0.39 is 5.37 Å². The van der Waals surface area contributed by atoms with Crippen LogP contribution in [-0.2, 0) is 4.79 Å². The van der Waals surface area contributed by atoms with Crippen LogP contribution in [0.25, 0.3) is 0 Å². The molecule has 50 valence electrons. The van der Waals surface area contributed by atoms with Gasteiger partial charge >= 0.3 is 6.03 Å². The second-order valence-corrected chi connectivity index (χ2v) is 2.27. The van der Waals surface area contributed by atoms with Crippen LogP contribution >= 0.6 is 12.6 Å². The van der Waals surface area contributed by atoms with E-state index >= 15 is 0 Å². The van der Waals surface area contributed by atoms with Crippen molar-refractivity contribution in [3.05, 3.63) is 0 Å². The van der Waals surface area contributed by atoms with E-state index in [1.807, 2.05) is 0 Å². The normalized spacial score (nSPS) is 26.9. The Labute approximate surface area is 57.6 Å². The Bertz CT molecular complexity index is 152. The maximum Gasteiger partial charge on any atom is 0.325 e. The molecule has 1 aliphatic heterocycles. The molecule has 0 aliphatic carbocycles. The van der Waals surface area contributed by atoms with Gasteiger partial charge < -0.3 is 4.90 Å². The highest BCUT2D eigenvalue weighted by Crippen LogP contribution is 2.07. The lowest BCUT2D eigenvalue weighted by atomic mass is 10.6. The first-order valence-corrected chi connectivity index (χ1v) is 2.90. The molecule has 0 bridgehead atoms. The van der Waals surface area contributed by atoms with Crippen LogP contribution in [0.5, 0.6) is 0 Å². The van der Waals surface area contributed by atoms with Crippen molar-refractivity contribution in [2.75, 3.05) is 7.05 Å². The Balaban J connectivity index is 2.77. The number of urea groups is 1. The van der Waals surface area contributed by atoms with Crippen molar-refractivity contribution >= 4 is 24.6 Å². The van der Waals surface area contributed by atoms with Crippen LogP contribution in [-0.4, -0.2) is 29.3 Å². The summed E-state index contributed by atoms with van der Waals surface area (Å²) in [5.41, 5.74) is 0. The molecule has 1 aliphatic rings. The van der Waals surface area contributed by atoms with Gasteiger partial charge in [0.2, 0.25) is 0 Å². The molecule has 1 unspecified atom stereocenters. The second kappa shape index (κ2) is 1.91. The fraction of sp³-hybridized carbons (Fsp3) is 0.500. The van der Waals surface area contributed by atoms with E-state index in [0.717, 1.165) is 0 Å². The van der Waals surface area contributed by atoms with Gasteiger partial charge in [0, 0.05) is 7.05 Å². The van der Waals surface area contributed by atoms with Crippen molar-refractivity contribution in [1.82, 2.24) is 10.2 Å². The predicted molar refractivity (Wildman–Crippen MR) is 34.1 cm³/mol. The molecule has 0 saturated carbocycles. The van der Waals surface area contributed by atoms with E-state index in [1.54, 1.807) is 0 Å². The third kappa shape index (κ3) is 0.873. The SMILES string of the molecule is CN1C(=O)NC(=O)C1S. The molecular weight excluding hydrogens is 140 g/mol. The number of carbonyl (C=O) groups is 2. The molecule has 1 fully saturated rings. The minimum atomic E-state index is -0.613. The summed E-state index contributed by atoms with van der Waals surface area (Å²) in [5.74, 6) is -0.356. The number of hydrogen-bond acceptors (Lipinski definition) is 3.